The lowest BCUT2D eigenvalue weighted by Crippen LogP contribution is -2.52. The summed E-state index contributed by atoms with van der Waals surface area (Å²) in [5.74, 6) is -0.298. The zero-order valence-electron chi connectivity index (χ0n) is 14.4. The van der Waals surface area contributed by atoms with Crippen molar-refractivity contribution in [1.82, 2.24) is 0 Å². The van der Waals surface area contributed by atoms with Crippen molar-refractivity contribution in [3.8, 4) is 11.5 Å². The molecule has 3 rings (SSSR count). The first kappa shape index (κ1) is 16.8. The lowest BCUT2D eigenvalue weighted by atomic mass is 9.62. The molecule has 0 atom stereocenters. The Balaban J connectivity index is 1.96. The van der Waals surface area contributed by atoms with Crippen molar-refractivity contribution in [1.29, 1.82) is 0 Å². The van der Waals surface area contributed by atoms with E-state index in [0.29, 0.717) is 0 Å². The summed E-state index contributed by atoms with van der Waals surface area (Å²) in [6.45, 7) is 7.36. The van der Waals surface area contributed by atoms with Gasteiger partial charge in [0.15, 0.2) is 0 Å². The van der Waals surface area contributed by atoms with Crippen LogP contribution in [0.4, 0.5) is 0 Å². The van der Waals surface area contributed by atoms with E-state index in [2.05, 4.69) is 0 Å². The summed E-state index contributed by atoms with van der Waals surface area (Å²) in [5.41, 5.74) is 4.92. The van der Waals surface area contributed by atoms with E-state index in [0.717, 1.165) is 33.4 Å². The van der Waals surface area contributed by atoms with Gasteiger partial charge in [-0.1, -0.05) is 12.1 Å². The van der Waals surface area contributed by atoms with Crippen molar-refractivity contribution < 1.29 is 20.4 Å². The number of aliphatic hydroxyl groups excluding tert-OH is 2. The predicted molar refractivity (Wildman–Crippen MR) is 92.7 cm³/mol. The third-order valence-electron chi connectivity index (χ3n) is 5.36. The van der Waals surface area contributed by atoms with Crippen LogP contribution in [0.1, 0.15) is 45.2 Å². The number of aliphatic hydroxyl groups is 2. The molecule has 128 valence electrons. The Morgan fingerprint density at radius 3 is 1.25 bits per heavy atom. The van der Waals surface area contributed by atoms with E-state index in [1.807, 2.05) is 26.0 Å². The summed E-state index contributed by atoms with van der Waals surface area (Å²) in [4.78, 5) is 0. The average Bonchev–Trinajstić information content (AvgIpc) is 2.50. The molecule has 4 heteroatoms. The zero-order chi connectivity index (χ0) is 17.8. The van der Waals surface area contributed by atoms with Gasteiger partial charge < -0.3 is 20.4 Å². The summed E-state index contributed by atoms with van der Waals surface area (Å²) in [5, 5.41) is 41.1. The van der Waals surface area contributed by atoms with Crippen LogP contribution in [-0.4, -0.2) is 32.6 Å². The first-order valence-corrected chi connectivity index (χ1v) is 8.18. The fourth-order valence-corrected chi connectivity index (χ4v) is 3.81. The molecule has 1 aliphatic carbocycles. The van der Waals surface area contributed by atoms with Crippen LogP contribution in [0.15, 0.2) is 24.3 Å². The van der Waals surface area contributed by atoms with Gasteiger partial charge in [0.2, 0.25) is 0 Å². The molecule has 4 nitrogen and oxygen atoms in total. The molecule has 2 aromatic carbocycles. The largest absolute Gasteiger partial charge is 0.508 e. The Kier molecular flexibility index (Phi) is 4.06. The standard InChI is InChI=1S/C20H24O4/c1-9-7-15(21)11(3)5-13(9)17-19(23)18(20(17)24)14-6-12(4)16(22)8-10(14)2/h5-8,17-24H,1-4H3. The Hall–Kier alpha value is -2.04. The van der Waals surface area contributed by atoms with E-state index in [9.17, 15) is 20.4 Å². The third kappa shape index (κ3) is 2.46. The maximum Gasteiger partial charge on any atom is 0.118 e. The molecule has 1 fully saturated rings. The molecular formula is C20H24O4. The molecule has 0 heterocycles. The van der Waals surface area contributed by atoms with Crippen LogP contribution in [0, 0.1) is 27.7 Å². The van der Waals surface area contributed by atoms with Gasteiger partial charge in [-0.25, -0.2) is 0 Å². The van der Waals surface area contributed by atoms with Gasteiger partial charge in [-0.15, -0.1) is 0 Å². The fourth-order valence-electron chi connectivity index (χ4n) is 3.81. The fraction of sp³-hybridized carbons (Fsp3) is 0.400. The van der Waals surface area contributed by atoms with Crippen molar-refractivity contribution in [2.75, 3.05) is 0 Å². The molecule has 0 aromatic heterocycles. The van der Waals surface area contributed by atoms with Gasteiger partial charge in [-0.2, -0.15) is 0 Å². The number of aryl methyl sites for hydroxylation is 4. The van der Waals surface area contributed by atoms with E-state index in [-0.39, 0.29) is 23.3 Å². The summed E-state index contributed by atoms with van der Waals surface area (Å²) in [6.07, 6.45) is -1.41. The van der Waals surface area contributed by atoms with Crippen molar-refractivity contribution in [3.63, 3.8) is 0 Å². The van der Waals surface area contributed by atoms with Crippen LogP contribution in [0.2, 0.25) is 0 Å². The van der Waals surface area contributed by atoms with Gasteiger partial charge in [-0.3, -0.25) is 0 Å². The van der Waals surface area contributed by atoms with E-state index in [1.54, 1.807) is 26.0 Å². The van der Waals surface area contributed by atoms with E-state index < -0.39 is 12.2 Å². The van der Waals surface area contributed by atoms with Crippen LogP contribution < -0.4 is 0 Å². The van der Waals surface area contributed by atoms with Crippen molar-refractivity contribution in [3.05, 3.63) is 57.6 Å². The Labute approximate surface area is 142 Å². The van der Waals surface area contributed by atoms with Crippen LogP contribution >= 0.6 is 0 Å². The smallest absolute Gasteiger partial charge is 0.118 e. The second kappa shape index (κ2) is 5.80. The Morgan fingerprint density at radius 1 is 0.583 bits per heavy atom. The Bertz CT molecular complexity index is 721. The topological polar surface area (TPSA) is 80.9 Å². The normalized spacial score (nSPS) is 26.2. The first-order chi connectivity index (χ1) is 11.2. The highest BCUT2D eigenvalue weighted by atomic mass is 16.3. The van der Waals surface area contributed by atoms with Gasteiger partial charge in [0, 0.05) is 11.8 Å². The summed E-state index contributed by atoms with van der Waals surface area (Å²) in [6, 6.07) is 7.03. The van der Waals surface area contributed by atoms with Gasteiger partial charge in [0.1, 0.15) is 11.5 Å². The van der Waals surface area contributed by atoms with Crippen LogP contribution in [0.5, 0.6) is 11.5 Å². The zero-order valence-corrected chi connectivity index (χ0v) is 14.4. The number of aromatic hydroxyl groups is 2. The number of hydrogen-bond donors (Lipinski definition) is 4. The van der Waals surface area contributed by atoms with Gasteiger partial charge >= 0.3 is 0 Å². The summed E-state index contributed by atoms with van der Waals surface area (Å²) in [7, 11) is 0. The van der Waals surface area contributed by atoms with E-state index in [1.165, 1.54) is 0 Å². The van der Waals surface area contributed by atoms with Gasteiger partial charge in [0.25, 0.3) is 0 Å². The molecule has 0 bridgehead atoms. The molecule has 0 aliphatic heterocycles. The minimum absolute atomic E-state index is 0.223. The number of hydrogen-bond acceptors (Lipinski definition) is 4. The SMILES string of the molecule is Cc1cc(C2C(O)C(c3cc(C)c(O)cc3C)C2O)c(C)cc1O. The highest BCUT2D eigenvalue weighted by Crippen LogP contribution is 2.50. The second-order valence-corrected chi connectivity index (χ2v) is 7.02. The molecule has 0 radical (unpaired) electrons. The molecule has 1 aliphatic rings. The maximum absolute atomic E-state index is 10.7. The summed E-state index contributed by atoms with van der Waals surface area (Å²) >= 11 is 0. The number of phenolic OH excluding ortho intramolecular Hbond substituents is 2. The number of phenols is 2. The second-order valence-electron chi connectivity index (χ2n) is 7.02. The number of rotatable bonds is 2. The maximum atomic E-state index is 10.7. The number of benzene rings is 2. The van der Waals surface area contributed by atoms with Gasteiger partial charge in [0.05, 0.1) is 12.2 Å². The minimum atomic E-state index is -0.703. The highest BCUT2D eigenvalue weighted by molar-refractivity contribution is 5.49. The average molecular weight is 328 g/mol. The molecule has 24 heavy (non-hydrogen) atoms. The molecule has 2 aromatic rings. The van der Waals surface area contributed by atoms with Gasteiger partial charge in [-0.05, 0) is 73.2 Å². The van der Waals surface area contributed by atoms with Crippen LogP contribution in [0.25, 0.3) is 0 Å². The third-order valence-corrected chi connectivity index (χ3v) is 5.36. The summed E-state index contributed by atoms with van der Waals surface area (Å²) < 4.78 is 0. The first-order valence-electron chi connectivity index (χ1n) is 8.18. The van der Waals surface area contributed by atoms with Crippen molar-refractivity contribution in [2.45, 2.75) is 51.7 Å². The van der Waals surface area contributed by atoms with Crippen LogP contribution in [0.3, 0.4) is 0 Å². The highest BCUT2D eigenvalue weighted by Gasteiger charge is 2.51. The molecule has 0 amide bonds. The molecular weight excluding hydrogens is 304 g/mol. The molecule has 0 saturated heterocycles. The minimum Gasteiger partial charge on any atom is -0.508 e. The molecule has 0 unspecified atom stereocenters. The molecule has 1 saturated carbocycles. The molecule has 4 N–H and O–H groups in total. The van der Waals surface area contributed by atoms with E-state index in [4.69, 9.17) is 0 Å². The Morgan fingerprint density at radius 2 is 0.917 bits per heavy atom. The lowest BCUT2D eigenvalue weighted by molar-refractivity contribution is -0.0790. The van der Waals surface area contributed by atoms with Crippen molar-refractivity contribution >= 4 is 0 Å². The monoisotopic (exact) mass is 328 g/mol. The van der Waals surface area contributed by atoms with Crippen LogP contribution in [-0.2, 0) is 0 Å². The quantitative estimate of drug-likeness (QED) is 0.683. The van der Waals surface area contributed by atoms with Crippen molar-refractivity contribution in [2.24, 2.45) is 0 Å². The molecule has 0 spiro atoms. The predicted octanol–water partition coefficient (Wildman–Crippen LogP) is 2.93. The van der Waals surface area contributed by atoms with E-state index >= 15 is 0 Å². The lowest BCUT2D eigenvalue weighted by Gasteiger charge is -2.48.